The Morgan fingerprint density at radius 3 is 2.95 bits per heavy atom. The molecular weight excluding hydrogens is 254 g/mol. The van der Waals surface area contributed by atoms with Gasteiger partial charge in [-0.3, -0.25) is 4.79 Å². The van der Waals surface area contributed by atoms with Gasteiger partial charge in [0.2, 0.25) is 0 Å². The molecule has 1 fully saturated rings. The molecule has 0 saturated carbocycles. The summed E-state index contributed by atoms with van der Waals surface area (Å²) in [6.07, 6.45) is 3.13. The lowest BCUT2D eigenvalue weighted by Crippen LogP contribution is -2.48. The van der Waals surface area contributed by atoms with Crippen LogP contribution >= 0.6 is 0 Å². The molecule has 0 bridgehead atoms. The lowest BCUT2D eigenvalue weighted by atomic mass is 10.0. The number of hydrogen-bond acceptors (Lipinski definition) is 4. The summed E-state index contributed by atoms with van der Waals surface area (Å²) in [4.78, 5) is 16.1. The van der Waals surface area contributed by atoms with E-state index in [1.165, 1.54) is 6.33 Å². The number of aromatic nitrogens is 3. The fraction of sp³-hybridized carbons (Fsp3) is 0.357. The Morgan fingerprint density at radius 1 is 1.50 bits per heavy atom. The lowest BCUT2D eigenvalue weighted by molar-refractivity contribution is 0.0941. The van der Waals surface area contributed by atoms with E-state index in [-0.39, 0.29) is 5.91 Å². The average molecular weight is 271 g/mol. The highest BCUT2D eigenvalue weighted by Crippen LogP contribution is 2.14. The molecule has 1 aromatic carbocycles. The van der Waals surface area contributed by atoms with Crippen molar-refractivity contribution >= 4 is 5.91 Å². The first kappa shape index (κ1) is 12.8. The van der Waals surface area contributed by atoms with Gasteiger partial charge in [0, 0.05) is 31.1 Å². The summed E-state index contributed by atoms with van der Waals surface area (Å²) in [6.45, 7) is 4.64. The number of carbonyl (C=O) groups is 1. The molecule has 0 spiro atoms. The molecule has 0 radical (unpaired) electrons. The van der Waals surface area contributed by atoms with Crippen molar-refractivity contribution in [3.8, 4) is 5.69 Å². The number of nitrogens with one attached hydrogen (secondary N) is 2. The Morgan fingerprint density at radius 2 is 2.35 bits per heavy atom. The van der Waals surface area contributed by atoms with Gasteiger partial charge in [0.05, 0.1) is 5.69 Å². The lowest BCUT2D eigenvalue weighted by Gasteiger charge is -2.27. The van der Waals surface area contributed by atoms with Crippen molar-refractivity contribution in [1.82, 2.24) is 25.4 Å². The topological polar surface area (TPSA) is 71.8 Å². The molecule has 1 aromatic heterocycles. The number of aryl methyl sites for hydroxylation is 1. The van der Waals surface area contributed by atoms with Gasteiger partial charge < -0.3 is 10.6 Å². The highest BCUT2D eigenvalue weighted by atomic mass is 16.1. The zero-order valence-electron chi connectivity index (χ0n) is 11.3. The summed E-state index contributed by atoms with van der Waals surface area (Å²) in [5.74, 6) is 0.549. The Balaban J connectivity index is 1.71. The smallest absolute Gasteiger partial charge is 0.251 e. The van der Waals surface area contributed by atoms with Crippen LogP contribution in [0.1, 0.15) is 15.9 Å². The maximum atomic E-state index is 12.1. The van der Waals surface area contributed by atoms with Gasteiger partial charge in [-0.15, -0.1) is 0 Å². The Hall–Kier alpha value is -2.21. The molecule has 0 unspecified atom stereocenters. The van der Waals surface area contributed by atoms with Crippen LogP contribution in [0.25, 0.3) is 5.69 Å². The molecule has 2 heterocycles. The molecule has 104 valence electrons. The van der Waals surface area contributed by atoms with Crippen LogP contribution < -0.4 is 10.6 Å². The molecule has 1 saturated heterocycles. The van der Waals surface area contributed by atoms with Crippen LogP contribution in [0.2, 0.25) is 0 Å². The van der Waals surface area contributed by atoms with Crippen LogP contribution in [0.15, 0.2) is 30.9 Å². The second-order valence-electron chi connectivity index (χ2n) is 5.07. The summed E-state index contributed by atoms with van der Waals surface area (Å²) in [6, 6.07) is 5.65. The van der Waals surface area contributed by atoms with Gasteiger partial charge in [0.25, 0.3) is 5.91 Å². The zero-order chi connectivity index (χ0) is 13.9. The zero-order valence-corrected chi connectivity index (χ0v) is 11.3. The molecule has 1 aliphatic heterocycles. The highest BCUT2D eigenvalue weighted by Gasteiger charge is 2.18. The van der Waals surface area contributed by atoms with Gasteiger partial charge in [-0.25, -0.2) is 9.67 Å². The number of amides is 1. The van der Waals surface area contributed by atoms with Crippen LogP contribution in [0.5, 0.6) is 0 Å². The molecular formula is C14H17N5O. The van der Waals surface area contributed by atoms with Crippen LogP contribution in [0.3, 0.4) is 0 Å². The van der Waals surface area contributed by atoms with Gasteiger partial charge >= 0.3 is 0 Å². The molecule has 0 atom stereocenters. The first-order chi connectivity index (χ1) is 9.74. The summed E-state index contributed by atoms with van der Waals surface area (Å²) in [5.41, 5.74) is 2.54. The molecule has 0 aliphatic carbocycles. The summed E-state index contributed by atoms with van der Waals surface area (Å²) >= 11 is 0. The van der Waals surface area contributed by atoms with E-state index in [0.29, 0.717) is 11.5 Å². The van der Waals surface area contributed by atoms with Crippen molar-refractivity contribution < 1.29 is 4.79 Å². The van der Waals surface area contributed by atoms with Crippen LogP contribution in [-0.2, 0) is 0 Å². The fourth-order valence-corrected chi connectivity index (χ4v) is 2.21. The maximum absolute atomic E-state index is 12.1. The van der Waals surface area contributed by atoms with Crippen molar-refractivity contribution in [2.45, 2.75) is 6.92 Å². The molecule has 6 nitrogen and oxygen atoms in total. The number of benzene rings is 1. The first-order valence-corrected chi connectivity index (χ1v) is 6.68. The minimum absolute atomic E-state index is 0.0143. The van der Waals surface area contributed by atoms with E-state index < -0.39 is 0 Å². The maximum Gasteiger partial charge on any atom is 0.251 e. The minimum Gasteiger partial charge on any atom is -0.352 e. The van der Waals surface area contributed by atoms with Crippen LogP contribution in [-0.4, -0.2) is 40.3 Å². The summed E-state index contributed by atoms with van der Waals surface area (Å²) in [7, 11) is 0. The van der Waals surface area contributed by atoms with E-state index in [4.69, 9.17) is 0 Å². The number of hydrogen-bond donors (Lipinski definition) is 2. The van der Waals surface area contributed by atoms with Gasteiger partial charge in [0.1, 0.15) is 12.7 Å². The van der Waals surface area contributed by atoms with Crippen molar-refractivity contribution in [3.63, 3.8) is 0 Å². The van der Waals surface area contributed by atoms with Crippen molar-refractivity contribution in [2.75, 3.05) is 19.6 Å². The van der Waals surface area contributed by atoms with Gasteiger partial charge in [-0.05, 0) is 30.7 Å². The third-order valence-electron chi connectivity index (χ3n) is 3.56. The normalized spacial score (nSPS) is 14.8. The van der Waals surface area contributed by atoms with Crippen molar-refractivity contribution in [3.05, 3.63) is 42.0 Å². The molecule has 2 N–H and O–H groups in total. The number of rotatable bonds is 4. The van der Waals surface area contributed by atoms with Crippen molar-refractivity contribution in [2.24, 2.45) is 5.92 Å². The SMILES string of the molecule is Cc1cc(-n2cncn2)ccc1C(=O)NCC1CNC1. The summed E-state index contributed by atoms with van der Waals surface area (Å²) < 4.78 is 1.68. The van der Waals surface area contributed by atoms with Crippen LogP contribution in [0.4, 0.5) is 0 Å². The second-order valence-corrected chi connectivity index (χ2v) is 5.07. The predicted octanol–water partition coefficient (Wildman–Crippen LogP) is 0.525. The Kier molecular flexibility index (Phi) is 3.47. The van der Waals surface area contributed by atoms with E-state index in [0.717, 1.165) is 30.9 Å². The number of nitrogens with zero attached hydrogens (tertiary/aromatic N) is 3. The third-order valence-corrected chi connectivity index (χ3v) is 3.56. The minimum atomic E-state index is -0.0143. The van der Waals surface area contributed by atoms with Gasteiger partial charge in [-0.1, -0.05) is 0 Å². The van der Waals surface area contributed by atoms with E-state index >= 15 is 0 Å². The first-order valence-electron chi connectivity index (χ1n) is 6.68. The van der Waals surface area contributed by atoms with E-state index in [1.807, 2.05) is 25.1 Å². The third kappa shape index (κ3) is 2.55. The largest absolute Gasteiger partial charge is 0.352 e. The Labute approximate surface area is 117 Å². The van der Waals surface area contributed by atoms with Crippen molar-refractivity contribution in [1.29, 1.82) is 0 Å². The molecule has 20 heavy (non-hydrogen) atoms. The van der Waals surface area contributed by atoms with Gasteiger partial charge in [0.15, 0.2) is 0 Å². The molecule has 1 amide bonds. The van der Waals surface area contributed by atoms with Crippen LogP contribution in [0, 0.1) is 12.8 Å². The monoisotopic (exact) mass is 271 g/mol. The average Bonchev–Trinajstić information content (AvgIpc) is 2.90. The number of carbonyl (C=O) groups excluding carboxylic acids is 1. The molecule has 3 rings (SSSR count). The second kappa shape index (κ2) is 5.42. The van der Waals surface area contributed by atoms with E-state index in [9.17, 15) is 4.79 Å². The highest BCUT2D eigenvalue weighted by molar-refractivity contribution is 5.95. The van der Waals surface area contributed by atoms with E-state index in [2.05, 4.69) is 20.7 Å². The van der Waals surface area contributed by atoms with E-state index in [1.54, 1.807) is 11.0 Å². The molecule has 1 aliphatic rings. The molecule has 2 aromatic rings. The van der Waals surface area contributed by atoms with Gasteiger partial charge in [-0.2, -0.15) is 5.10 Å². The molecule has 6 heteroatoms. The standard InChI is InChI=1S/C14H17N5O/c1-10-4-12(19-9-16-8-18-19)2-3-13(10)14(20)17-7-11-5-15-6-11/h2-4,8-9,11,15H,5-7H2,1H3,(H,17,20). The Bertz CT molecular complexity index is 604. The quantitative estimate of drug-likeness (QED) is 0.850. The predicted molar refractivity (Wildman–Crippen MR) is 74.8 cm³/mol. The fourth-order valence-electron chi connectivity index (χ4n) is 2.21. The summed E-state index contributed by atoms with van der Waals surface area (Å²) in [5, 5.41) is 10.3.